The molecule has 5 heteroatoms. The maximum Gasteiger partial charge on any atom is 0.163 e. The Kier molecular flexibility index (Phi) is 7.07. The molecule has 0 aliphatic rings. The number of nitrogens with two attached hydrogens (primary N) is 1. The molecule has 1 atom stereocenters. The Hall–Kier alpha value is -2.27. The Morgan fingerprint density at radius 3 is 2.40 bits per heavy atom. The van der Waals surface area contributed by atoms with E-state index in [2.05, 4.69) is 0 Å². The quantitative estimate of drug-likeness (QED) is 0.747. The fourth-order valence-electron chi connectivity index (χ4n) is 2.93. The monoisotopic (exact) mass is 347 g/mol. The highest BCUT2D eigenvalue weighted by Gasteiger charge is 2.20. The maximum absolute atomic E-state index is 13.8. The van der Waals surface area contributed by atoms with Gasteiger partial charge in [0.15, 0.2) is 11.5 Å². The van der Waals surface area contributed by atoms with E-state index in [1.807, 2.05) is 32.0 Å². The van der Waals surface area contributed by atoms with Crippen molar-refractivity contribution >= 4 is 0 Å². The van der Waals surface area contributed by atoms with Crippen molar-refractivity contribution in [2.45, 2.75) is 26.2 Å². The highest BCUT2D eigenvalue weighted by atomic mass is 19.1. The van der Waals surface area contributed by atoms with Gasteiger partial charge in [-0.05, 0) is 56.6 Å². The summed E-state index contributed by atoms with van der Waals surface area (Å²) in [4.78, 5) is 0. The topological polar surface area (TPSA) is 53.7 Å². The first kappa shape index (κ1) is 19.1. The molecule has 0 aliphatic carbocycles. The molecule has 0 amide bonds. The molecule has 0 radical (unpaired) electrons. The number of hydrogen-bond acceptors (Lipinski definition) is 4. The Morgan fingerprint density at radius 1 is 1.04 bits per heavy atom. The van der Waals surface area contributed by atoms with Crippen molar-refractivity contribution in [2.75, 3.05) is 26.9 Å². The number of para-hydroxylation sites is 1. The molecule has 0 fully saturated rings. The van der Waals surface area contributed by atoms with Crippen molar-refractivity contribution in [3.8, 4) is 17.2 Å². The Morgan fingerprint density at radius 2 is 1.76 bits per heavy atom. The van der Waals surface area contributed by atoms with Gasteiger partial charge in [0.2, 0.25) is 0 Å². The van der Waals surface area contributed by atoms with E-state index in [4.69, 9.17) is 19.9 Å². The number of halogens is 1. The zero-order chi connectivity index (χ0) is 18.2. The van der Waals surface area contributed by atoms with E-state index in [1.54, 1.807) is 13.2 Å². The molecule has 0 spiro atoms. The molecule has 25 heavy (non-hydrogen) atoms. The van der Waals surface area contributed by atoms with Gasteiger partial charge in [-0.25, -0.2) is 4.39 Å². The molecule has 2 N–H and O–H groups in total. The summed E-state index contributed by atoms with van der Waals surface area (Å²) in [5.41, 5.74) is 7.75. The number of benzene rings is 2. The van der Waals surface area contributed by atoms with E-state index in [1.165, 1.54) is 12.1 Å². The van der Waals surface area contributed by atoms with Gasteiger partial charge >= 0.3 is 0 Å². The molecule has 1 unspecified atom stereocenters. The van der Waals surface area contributed by atoms with Crippen LogP contribution in [0, 0.1) is 5.82 Å². The molecule has 2 aromatic rings. The summed E-state index contributed by atoms with van der Waals surface area (Å²) in [5, 5.41) is 0. The number of ether oxygens (including phenoxy) is 3. The summed E-state index contributed by atoms with van der Waals surface area (Å²) in [6.45, 7) is 5.26. The van der Waals surface area contributed by atoms with Crippen molar-refractivity contribution in [1.82, 2.24) is 0 Å². The average molecular weight is 347 g/mol. The summed E-state index contributed by atoms with van der Waals surface area (Å²) in [5.74, 6) is 1.66. The molecule has 0 heterocycles. The van der Waals surface area contributed by atoms with Crippen LogP contribution in [0.25, 0.3) is 0 Å². The molecular formula is C20H26FNO3. The van der Waals surface area contributed by atoms with Crippen LogP contribution in [0.1, 0.15) is 30.9 Å². The predicted octanol–water partition coefficient (Wildman–Crippen LogP) is 3.92. The van der Waals surface area contributed by atoms with Crippen LogP contribution in [0.15, 0.2) is 36.4 Å². The summed E-state index contributed by atoms with van der Waals surface area (Å²) < 4.78 is 30.6. The van der Waals surface area contributed by atoms with E-state index in [0.29, 0.717) is 43.4 Å². The highest BCUT2D eigenvalue weighted by molar-refractivity contribution is 5.48. The molecule has 136 valence electrons. The van der Waals surface area contributed by atoms with Crippen LogP contribution in [0.4, 0.5) is 4.39 Å². The van der Waals surface area contributed by atoms with Crippen LogP contribution in [0.3, 0.4) is 0 Å². The van der Waals surface area contributed by atoms with Crippen LogP contribution in [-0.2, 0) is 6.42 Å². The first-order valence-electron chi connectivity index (χ1n) is 8.55. The molecular weight excluding hydrogens is 321 g/mol. The lowest BCUT2D eigenvalue weighted by Crippen LogP contribution is -2.17. The van der Waals surface area contributed by atoms with Crippen molar-refractivity contribution < 1.29 is 18.6 Å². The smallest absolute Gasteiger partial charge is 0.163 e. The number of methoxy groups -OCH3 is 1. The number of hydrogen-bond donors (Lipinski definition) is 1. The molecule has 0 bridgehead atoms. The van der Waals surface area contributed by atoms with Crippen LogP contribution >= 0.6 is 0 Å². The van der Waals surface area contributed by atoms with Crippen molar-refractivity contribution in [1.29, 1.82) is 0 Å². The summed E-state index contributed by atoms with van der Waals surface area (Å²) in [7, 11) is 1.62. The minimum absolute atomic E-state index is 0.0944. The number of rotatable bonds is 9. The van der Waals surface area contributed by atoms with E-state index < -0.39 is 0 Å². The largest absolute Gasteiger partial charge is 0.494 e. The molecule has 0 aliphatic heterocycles. The standard InChI is InChI=1S/C20H26FNO3/c1-4-24-18-10-9-16(21)12-17(18)15(13-22)11-14-7-6-8-19(25-5-2)20(14)23-3/h6-10,12,15H,4-5,11,13,22H2,1-3H3. The van der Waals surface area contributed by atoms with Crippen molar-refractivity contribution in [3.63, 3.8) is 0 Å². The average Bonchev–Trinajstić information content (AvgIpc) is 2.62. The fraction of sp³-hybridized carbons (Fsp3) is 0.400. The van der Waals surface area contributed by atoms with Crippen molar-refractivity contribution in [2.24, 2.45) is 5.73 Å². The molecule has 0 aromatic heterocycles. The van der Waals surface area contributed by atoms with Crippen molar-refractivity contribution in [3.05, 3.63) is 53.3 Å². The normalized spacial score (nSPS) is 11.9. The summed E-state index contributed by atoms with van der Waals surface area (Å²) in [6, 6.07) is 10.3. The fourth-order valence-corrected chi connectivity index (χ4v) is 2.93. The Bertz CT molecular complexity index is 691. The second-order valence-electron chi connectivity index (χ2n) is 5.63. The third-order valence-electron chi connectivity index (χ3n) is 4.03. The van der Waals surface area contributed by atoms with Gasteiger partial charge in [-0.2, -0.15) is 0 Å². The molecule has 2 aromatic carbocycles. The molecule has 2 rings (SSSR count). The minimum Gasteiger partial charge on any atom is -0.494 e. The van der Waals surface area contributed by atoms with E-state index in [-0.39, 0.29) is 11.7 Å². The van der Waals surface area contributed by atoms with Gasteiger partial charge in [0.05, 0.1) is 20.3 Å². The van der Waals surface area contributed by atoms with Gasteiger partial charge < -0.3 is 19.9 Å². The molecule has 0 saturated heterocycles. The summed E-state index contributed by atoms with van der Waals surface area (Å²) >= 11 is 0. The van der Waals surface area contributed by atoms with Gasteiger partial charge in [-0.1, -0.05) is 12.1 Å². The van der Waals surface area contributed by atoms with Gasteiger partial charge in [-0.15, -0.1) is 0 Å². The van der Waals surface area contributed by atoms with Crippen LogP contribution in [-0.4, -0.2) is 26.9 Å². The lowest BCUT2D eigenvalue weighted by Gasteiger charge is -2.21. The first-order chi connectivity index (χ1) is 12.1. The molecule has 4 nitrogen and oxygen atoms in total. The third kappa shape index (κ3) is 4.63. The van der Waals surface area contributed by atoms with Crippen LogP contribution < -0.4 is 19.9 Å². The third-order valence-corrected chi connectivity index (χ3v) is 4.03. The SMILES string of the molecule is CCOc1ccc(F)cc1C(CN)Cc1cccc(OCC)c1OC. The maximum atomic E-state index is 13.8. The highest BCUT2D eigenvalue weighted by Crippen LogP contribution is 2.36. The lowest BCUT2D eigenvalue weighted by molar-refractivity contribution is 0.308. The zero-order valence-corrected chi connectivity index (χ0v) is 15.0. The van der Waals surface area contributed by atoms with Gasteiger partial charge in [0.25, 0.3) is 0 Å². The van der Waals surface area contributed by atoms with Crippen LogP contribution in [0.2, 0.25) is 0 Å². The zero-order valence-electron chi connectivity index (χ0n) is 15.0. The second kappa shape index (κ2) is 9.28. The van der Waals surface area contributed by atoms with Gasteiger partial charge in [0, 0.05) is 11.5 Å². The second-order valence-corrected chi connectivity index (χ2v) is 5.63. The minimum atomic E-state index is -0.299. The Labute approximate surface area is 148 Å². The van der Waals surface area contributed by atoms with E-state index >= 15 is 0 Å². The van der Waals surface area contributed by atoms with E-state index in [9.17, 15) is 4.39 Å². The first-order valence-corrected chi connectivity index (χ1v) is 8.55. The molecule has 0 saturated carbocycles. The summed E-state index contributed by atoms with van der Waals surface area (Å²) in [6.07, 6.45) is 0.601. The van der Waals surface area contributed by atoms with Crippen LogP contribution in [0.5, 0.6) is 17.2 Å². The van der Waals surface area contributed by atoms with Gasteiger partial charge in [-0.3, -0.25) is 0 Å². The predicted molar refractivity (Wildman–Crippen MR) is 97.2 cm³/mol. The lowest BCUT2D eigenvalue weighted by atomic mass is 9.90. The van der Waals surface area contributed by atoms with Gasteiger partial charge in [0.1, 0.15) is 11.6 Å². The van der Waals surface area contributed by atoms with E-state index in [0.717, 1.165) is 11.1 Å². The Balaban J connectivity index is 2.38.